The van der Waals surface area contributed by atoms with Crippen molar-refractivity contribution in [3.8, 4) is 0 Å². The van der Waals surface area contributed by atoms with Gasteiger partial charge in [0, 0.05) is 6.42 Å². The van der Waals surface area contributed by atoms with Crippen molar-refractivity contribution >= 4 is 5.97 Å². The second kappa shape index (κ2) is 18.8. The average Bonchev–Trinajstić information content (AvgIpc) is 2.58. The maximum absolute atomic E-state index is 11.2. The summed E-state index contributed by atoms with van der Waals surface area (Å²) in [5, 5.41) is 0. The maximum Gasteiger partial charge on any atom is 0.305 e. The first kappa shape index (κ1) is 23.4. The van der Waals surface area contributed by atoms with Crippen molar-refractivity contribution < 1.29 is 9.53 Å². The predicted molar refractivity (Wildman–Crippen MR) is 104 cm³/mol. The van der Waals surface area contributed by atoms with Gasteiger partial charge in [-0.1, -0.05) is 65.2 Å². The molecule has 0 aliphatic rings. The maximum atomic E-state index is 11.2. The van der Waals surface area contributed by atoms with E-state index >= 15 is 0 Å². The lowest BCUT2D eigenvalue weighted by molar-refractivity contribution is -0.143. The van der Waals surface area contributed by atoms with Crippen molar-refractivity contribution in [1.82, 2.24) is 4.90 Å². The summed E-state index contributed by atoms with van der Waals surface area (Å²) >= 11 is 0. The fourth-order valence-corrected chi connectivity index (χ4v) is 3.00. The number of carbonyl (C=O) groups excluding carboxylic acids is 1. The molecule has 0 radical (unpaired) electrons. The topological polar surface area (TPSA) is 29.5 Å². The van der Waals surface area contributed by atoms with Crippen LogP contribution in [0.2, 0.25) is 0 Å². The van der Waals surface area contributed by atoms with Gasteiger partial charge in [-0.05, 0) is 52.2 Å². The minimum Gasteiger partial charge on any atom is -0.466 e. The van der Waals surface area contributed by atoms with Gasteiger partial charge in [-0.25, -0.2) is 0 Å². The zero-order chi connectivity index (χ0) is 17.9. The number of nitrogens with zero attached hydrogens (tertiary/aromatic N) is 1. The van der Waals surface area contributed by atoms with Gasteiger partial charge in [0.05, 0.1) is 6.61 Å². The van der Waals surface area contributed by atoms with Crippen LogP contribution in [-0.2, 0) is 9.53 Å². The van der Waals surface area contributed by atoms with Crippen molar-refractivity contribution in [3.63, 3.8) is 0 Å². The molecule has 0 saturated heterocycles. The van der Waals surface area contributed by atoms with E-state index in [9.17, 15) is 4.79 Å². The summed E-state index contributed by atoms with van der Waals surface area (Å²) in [7, 11) is 0. The van der Waals surface area contributed by atoms with Crippen LogP contribution in [0, 0.1) is 0 Å². The first-order chi connectivity index (χ1) is 11.7. The summed E-state index contributed by atoms with van der Waals surface area (Å²) in [6.07, 6.45) is 16.1. The highest BCUT2D eigenvalue weighted by molar-refractivity contribution is 5.69. The molecule has 144 valence electrons. The molecular weight excluding hydrogens is 298 g/mol. The fraction of sp³-hybridized carbons (Fsp3) is 0.952. The molecule has 0 unspecified atom stereocenters. The third-order valence-electron chi connectivity index (χ3n) is 4.57. The van der Waals surface area contributed by atoms with E-state index in [4.69, 9.17) is 4.74 Å². The molecule has 0 atom stereocenters. The van der Waals surface area contributed by atoms with E-state index in [1.807, 2.05) is 6.92 Å². The highest BCUT2D eigenvalue weighted by Gasteiger charge is 2.03. The number of hydrogen-bond donors (Lipinski definition) is 0. The quantitative estimate of drug-likeness (QED) is 0.227. The Labute approximate surface area is 151 Å². The number of hydrogen-bond acceptors (Lipinski definition) is 3. The molecule has 0 bridgehead atoms. The van der Waals surface area contributed by atoms with Crippen LogP contribution in [-0.4, -0.2) is 37.1 Å². The zero-order valence-electron chi connectivity index (χ0n) is 16.8. The van der Waals surface area contributed by atoms with Gasteiger partial charge in [-0.15, -0.1) is 0 Å². The second-order valence-corrected chi connectivity index (χ2v) is 6.93. The van der Waals surface area contributed by atoms with E-state index in [1.54, 1.807) is 0 Å². The van der Waals surface area contributed by atoms with Crippen LogP contribution in [0.5, 0.6) is 0 Å². The number of carbonyl (C=O) groups is 1. The van der Waals surface area contributed by atoms with Gasteiger partial charge in [-0.2, -0.15) is 0 Å². The third-order valence-corrected chi connectivity index (χ3v) is 4.57. The van der Waals surface area contributed by atoms with Crippen molar-refractivity contribution in [3.05, 3.63) is 0 Å². The van der Waals surface area contributed by atoms with Crippen LogP contribution >= 0.6 is 0 Å². The molecule has 0 aliphatic carbocycles. The molecule has 0 aromatic rings. The molecule has 3 heteroatoms. The second-order valence-electron chi connectivity index (χ2n) is 6.93. The summed E-state index contributed by atoms with van der Waals surface area (Å²) in [5.74, 6) is -0.0341. The Kier molecular flexibility index (Phi) is 18.3. The lowest BCUT2D eigenvalue weighted by Crippen LogP contribution is -2.27. The van der Waals surface area contributed by atoms with Crippen molar-refractivity contribution in [1.29, 1.82) is 0 Å². The van der Waals surface area contributed by atoms with Gasteiger partial charge < -0.3 is 9.64 Å². The third kappa shape index (κ3) is 16.3. The van der Waals surface area contributed by atoms with E-state index in [0.717, 1.165) is 6.42 Å². The summed E-state index contributed by atoms with van der Waals surface area (Å²) in [5.41, 5.74) is 0. The van der Waals surface area contributed by atoms with E-state index < -0.39 is 0 Å². The Morgan fingerprint density at radius 1 is 0.667 bits per heavy atom. The molecule has 0 heterocycles. The van der Waals surface area contributed by atoms with E-state index in [-0.39, 0.29) is 5.97 Å². The molecule has 0 fully saturated rings. The SMILES string of the molecule is CCCCN(CCCC)CCCCCCCCCCC(=O)OCC. The molecule has 0 aromatic heterocycles. The Hall–Kier alpha value is -0.570. The van der Waals surface area contributed by atoms with Gasteiger partial charge in [-0.3, -0.25) is 4.79 Å². The van der Waals surface area contributed by atoms with Crippen LogP contribution in [0.4, 0.5) is 0 Å². The number of rotatable bonds is 18. The Balaban J connectivity index is 3.39. The Bertz CT molecular complexity index is 261. The van der Waals surface area contributed by atoms with Crippen LogP contribution < -0.4 is 0 Å². The van der Waals surface area contributed by atoms with Gasteiger partial charge in [0.15, 0.2) is 0 Å². The van der Waals surface area contributed by atoms with Crippen molar-refractivity contribution in [2.45, 2.75) is 104 Å². The number of unbranched alkanes of at least 4 members (excludes halogenated alkanes) is 9. The van der Waals surface area contributed by atoms with Gasteiger partial charge in [0.2, 0.25) is 0 Å². The standard InChI is InChI=1S/C21H43NO2/c1-4-7-18-22(19-8-5-2)20-16-14-12-10-9-11-13-15-17-21(23)24-6-3/h4-20H2,1-3H3. The summed E-state index contributed by atoms with van der Waals surface area (Å²) in [6, 6.07) is 0. The van der Waals surface area contributed by atoms with Gasteiger partial charge in [0.25, 0.3) is 0 Å². The first-order valence-electron chi connectivity index (χ1n) is 10.6. The van der Waals surface area contributed by atoms with Crippen LogP contribution in [0.15, 0.2) is 0 Å². The molecule has 0 aromatic carbocycles. The number of esters is 1. The highest BCUT2D eigenvalue weighted by atomic mass is 16.5. The molecule has 0 N–H and O–H groups in total. The molecule has 24 heavy (non-hydrogen) atoms. The minimum absolute atomic E-state index is 0.0341. The average molecular weight is 342 g/mol. The van der Waals surface area contributed by atoms with Crippen LogP contribution in [0.1, 0.15) is 104 Å². The predicted octanol–water partition coefficient (Wildman–Crippen LogP) is 5.96. The monoisotopic (exact) mass is 341 g/mol. The molecular formula is C21H43NO2. The van der Waals surface area contributed by atoms with E-state index in [1.165, 1.54) is 90.3 Å². The molecule has 0 saturated carbocycles. The van der Waals surface area contributed by atoms with Crippen molar-refractivity contribution in [2.75, 3.05) is 26.2 Å². The number of ether oxygens (including phenoxy) is 1. The summed E-state index contributed by atoms with van der Waals surface area (Å²) in [6.45, 7) is 10.8. The molecule has 0 amide bonds. The smallest absolute Gasteiger partial charge is 0.305 e. The van der Waals surface area contributed by atoms with E-state index in [2.05, 4.69) is 18.7 Å². The largest absolute Gasteiger partial charge is 0.466 e. The summed E-state index contributed by atoms with van der Waals surface area (Å²) in [4.78, 5) is 13.9. The van der Waals surface area contributed by atoms with Crippen molar-refractivity contribution in [2.24, 2.45) is 0 Å². The van der Waals surface area contributed by atoms with E-state index in [0.29, 0.717) is 13.0 Å². The Morgan fingerprint density at radius 2 is 1.12 bits per heavy atom. The normalized spacial score (nSPS) is 11.2. The van der Waals surface area contributed by atoms with Gasteiger partial charge in [0.1, 0.15) is 0 Å². The lowest BCUT2D eigenvalue weighted by Gasteiger charge is -2.21. The molecule has 3 nitrogen and oxygen atoms in total. The Morgan fingerprint density at radius 3 is 1.62 bits per heavy atom. The summed E-state index contributed by atoms with van der Waals surface area (Å²) < 4.78 is 4.94. The van der Waals surface area contributed by atoms with Crippen LogP contribution in [0.3, 0.4) is 0 Å². The van der Waals surface area contributed by atoms with Gasteiger partial charge >= 0.3 is 5.97 Å². The fourth-order valence-electron chi connectivity index (χ4n) is 3.00. The lowest BCUT2D eigenvalue weighted by atomic mass is 10.1. The highest BCUT2D eigenvalue weighted by Crippen LogP contribution is 2.11. The van der Waals surface area contributed by atoms with Crippen LogP contribution in [0.25, 0.3) is 0 Å². The molecule has 0 aliphatic heterocycles. The zero-order valence-corrected chi connectivity index (χ0v) is 16.8. The minimum atomic E-state index is -0.0341. The first-order valence-corrected chi connectivity index (χ1v) is 10.6. The molecule has 0 spiro atoms. The molecule has 0 rings (SSSR count).